The van der Waals surface area contributed by atoms with E-state index in [0.29, 0.717) is 6.42 Å². The lowest BCUT2D eigenvalue weighted by Crippen LogP contribution is -2.51. The van der Waals surface area contributed by atoms with E-state index in [2.05, 4.69) is 29.8 Å². The van der Waals surface area contributed by atoms with Crippen LogP contribution in [0.3, 0.4) is 0 Å². The van der Waals surface area contributed by atoms with Gasteiger partial charge in [0.1, 0.15) is 5.75 Å². The van der Waals surface area contributed by atoms with E-state index in [4.69, 9.17) is 4.74 Å². The van der Waals surface area contributed by atoms with Crippen LogP contribution < -0.4 is 4.74 Å². The first-order valence-electron chi connectivity index (χ1n) is 6.50. The van der Waals surface area contributed by atoms with Crippen molar-refractivity contribution in [1.29, 1.82) is 0 Å². The van der Waals surface area contributed by atoms with E-state index in [1.807, 2.05) is 30.0 Å². The van der Waals surface area contributed by atoms with Gasteiger partial charge in [0.25, 0.3) is 0 Å². The van der Waals surface area contributed by atoms with Crippen molar-refractivity contribution in [2.75, 3.05) is 18.6 Å². The summed E-state index contributed by atoms with van der Waals surface area (Å²) in [6.07, 6.45) is 1.68. The van der Waals surface area contributed by atoms with Crippen LogP contribution >= 0.6 is 27.7 Å². The molecule has 1 aliphatic heterocycles. The molecule has 1 N–H and O–H groups in total. The van der Waals surface area contributed by atoms with Gasteiger partial charge in [-0.3, -0.25) is 0 Å². The molecule has 1 aromatic rings. The molecule has 4 heteroatoms. The maximum atomic E-state index is 11.1. The topological polar surface area (TPSA) is 29.5 Å². The van der Waals surface area contributed by atoms with E-state index in [-0.39, 0.29) is 5.41 Å². The Kier molecular flexibility index (Phi) is 4.53. The number of rotatable bonds is 3. The zero-order valence-electron chi connectivity index (χ0n) is 11.7. The Hall–Kier alpha value is -0.190. The number of hydrogen-bond acceptors (Lipinski definition) is 3. The summed E-state index contributed by atoms with van der Waals surface area (Å²) in [6, 6.07) is 5.96. The number of methoxy groups -OCH3 is 1. The lowest BCUT2D eigenvalue weighted by molar-refractivity contribution is -0.0516. The third-order valence-corrected chi connectivity index (χ3v) is 5.87. The van der Waals surface area contributed by atoms with Crippen LogP contribution in [0.25, 0.3) is 0 Å². The average Bonchev–Trinajstić information content (AvgIpc) is 2.33. The number of hydrogen-bond donors (Lipinski definition) is 1. The Bertz CT molecular complexity index is 461. The smallest absolute Gasteiger partial charge is 0.122 e. The molecule has 0 aliphatic carbocycles. The SMILES string of the molecule is COc1ccc(Br)cc1CC1(O)CSCCC1(C)C. The van der Waals surface area contributed by atoms with E-state index >= 15 is 0 Å². The first kappa shape index (κ1) is 15.2. The maximum Gasteiger partial charge on any atom is 0.122 e. The molecule has 0 amide bonds. The van der Waals surface area contributed by atoms with Crippen molar-refractivity contribution in [2.45, 2.75) is 32.3 Å². The average molecular weight is 345 g/mol. The third-order valence-electron chi connectivity index (χ3n) is 4.20. The first-order chi connectivity index (χ1) is 8.88. The zero-order valence-corrected chi connectivity index (χ0v) is 14.1. The molecule has 1 saturated heterocycles. The molecule has 1 unspecified atom stereocenters. The van der Waals surface area contributed by atoms with Crippen LogP contribution in [0, 0.1) is 5.41 Å². The predicted octanol–water partition coefficient (Wildman–Crippen LogP) is 3.89. The van der Waals surface area contributed by atoms with Crippen molar-refractivity contribution < 1.29 is 9.84 Å². The van der Waals surface area contributed by atoms with Crippen molar-refractivity contribution in [3.05, 3.63) is 28.2 Å². The van der Waals surface area contributed by atoms with Crippen molar-refractivity contribution in [2.24, 2.45) is 5.41 Å². The molecule has 2 nitrogen and oxygen atoms in total. The Balaban J connectivity index is 2.31. The van der Waals surface area contributed by atoms with Crippen LogP contribution in [0.5, 0.6) is 5.75 Å². The molecule has 1 fully saturated rings. The van der Waals surface area contributed by atoms with Crippen molar-refractivity contribution in [1.82, 2.24) is 0 Å². The van der Waals surface area contributed by atoms with E-state index in [9.17, 15) is 5.11 Å². The van der Waals surface area contributed by atoms with Crippen LogP contribution in [0.15, 0.2) is 22.7 Å². The summed E-state index contributed by atoms with van der Waals surface area (Å²) in [6.45, 7) is 4.33. The van der Waals surface area contributed by atoms with Gasteiger partial charge in [-0.05, 0) is 41.4 Å². The van der Waals surface area contributed by atoms with Gasteiger partial charge in [-0.25, -0.2) is 0 Å². The lowest BCUT2D eigenvalue weighted by Gasteiger charge is -2.46. The Morgan fingerprint density at radius 3 is 2.79 bits per heavy atom. The van der Waals surface area contributed by atoms with E-state index in [1.165, 1.54) is 0 Å². The minimum Gasteiger partial charge on any atom is -0.496 e. The Morgan fingerprint density at radius 1 is 1.42 bits per heavy atom. The second kappa shape index (κ2) is 5.66. The van der Waals surface area contributed by atoms with Gasteiger partial charge < -0.3 is 9.84 Å². The van der Waals surface area contributed by atoms with Crippen molar-refractivity contribution in [3.8, 4) is 5.75 Å². The van der Waals surface area contributed by atoms with Gasteiger partial charge in [0.2, 0.25) is 0 Å². The van der Waals surface area contributed by atoms with Gasteiger partial charge in [-0.1, -0.05) is 29.8 Å². The summed E-state index contributed by atoms with van der Waals surface area (Å²) in [5, 5.41) is 11.1. The summed E-state index contributed by atoms with van der Waals surface area (Å²) in [5.74, 6) is 2.77. The standard InChI is InChI=1S/C15H21BrO2S/c1-14(2)6-7-19-10-15(14,17)9-11-8-12(16)4-5-13(11)18-3/h4-5,8,17H,6-7,9-10H2,1-3H3. The van der Waals surface area contributed by atoms with Gasteiger partial charge in [0, 0.05) is 16.6 Å². The number of ether oxygens (including phenoxy) is 1. The molecule has 1 heterocycles. The second-order valence-electron chi connectivity index (χ2n) is 5.85. The van der Waals surface area contributed by atoms with Gasteiger partial charge in [0.05, 0.1) is 12.7 Å². The van der Waals surface area contributed by atoms with Crippen LogP contribution in [0.2, 0.25) is 0 Å². The monoisotopic (exact) mass is 344 g/mol. The molecular formula is C15H21BrO2S. The maximum absolute atomic E-state index is 11.1. The minimum atomic E-state index is -0.677. The molecule has 1 aromatic carbocycles. The number of halogens is 1. The van der Waals surface area contributed by atoms with Crippen LogP contribution in [-0.2, 0) is 6.42 Å². The predicted molar refractivity (Wildman–Crippen MR) is 85.1 cm³/mol. The number of aliphatic hydroxyl groups is 1. The van der Waals surface area contributed by atoms with Crippen LogP contribution in [-0.4, -0.2) is 29.3 Å². The van der Waals surface area contributed by atoms with Gasteiger partial charge in [-0.15, -0.1) is 0 Å². The molecule has 0 radical (unpaired) electrons. The van der Waals surface area contributed by atoms with Gasteiger partial charge >= 0.3 is 0 Å². The molecule has 0 spiro atoms. The summed E-state index contributed by atoms with van der Waals surface area (Å²) in [7, 11) is 1.68. The fourth-order valence-corrected chi connectivity index (χ4v) is 4.53. The zero-order chi connectivity index (χ0) is 14.1. The molecule has 0 bridgehead atoms. The summed E-state index contributed by atoms with van der Waals surface area (Å²) in [5.41, 5.74) is 0.324. The lowest BCUT2D eigenvalue weighted by atomic mass is 9.70. The van der Waals surface area contributed by atoms with Crippen LogP contribution in [0.4, 0.5) is 0 Å². The summed E-state index contributed by atoms with van der Waals surface area (Å²) < 4.78 is 6.44. The highest BCUT2D eigenvalue weighted by atomic mass is 79.9. The summed E-state index contributed by atoms with van der Waals surface area (Å²) >= 11 is 5.33. The fourth-order valence-electron chi connectivity index (χ4n) is 2.49. The molecule has 19 heavy (non-hydrogen) atoms. The van der Waals surface area contributed by atoms with E-state index in [0.717, 1.165) is 33.7 Å². The Labute approximate surface area is 128 Å². The second-order valence-corrected chi connectivity index (χ2v) is 7.87. The van der Waals surface area contributed by atoms with Crippen molar-refractivity contribution >= 4 is 27.7 Å². The highest BCUT2D eigenvalue weighted by molar-refractivity contribution is 9.10. The highest BCUT2D eigenvalue weighted by Crippen LogP contribution is 2.45. The fraction of sp³-hybridized carbons (Fsp3) is 0.600. The van der Waals surface area contributed by atoms with Gasteiger partial charge in [-0.2, -0.15) is 11.8 Å². The van der Waals surface area contributed by atoms with Crippen molar-refractivity contribution in [3.63, 3.8) is 0 Å². The molecule has 106 valence electrons. The molecule has 1 atom stereocenters. The Morgan fingerprint density at radius 2 is 2.16 bits per heavy atom. The number of thioether (sulfide) groups is 1. The van der Waals surface area contributed by atoms with Gasteiger partial charge in [0.15, 0.2) is 0 Å². The van der Waals surface area contributed by atoms with E-state index in [1.54, 1.807) is 7.11 Å². The molecule has 2 rings (SSSR count). The molecule has 0 aromatic heterocycles. The molecule has 1 aliphatic rings. The summed E-state index contributed by atoms with van der Waals surface area (Å²) in [4.78, 5) is 0. The number of benzene rings is 1. The third kappa shape index (κ3) is 3.11. The van der Waals surface area contributed by atoms with Crippen LogP contribution in [0.1, 0.15) is 25.8 Å². The molecule has 0 saturated carbocycles. The largest absolute Gasteiger partial charge is 0.496 e. The first-order valence-corrected chi connectivity index (χ1v) is 8.45. The highest BCUT2D eigenvalue weighted by Gasteiger charge is 2.45. The van der Waals surface area contributed by atoms with E-state index < -0.39 is 5.60 Å². The molecular weight excluding hydrogens is 324 g/mol. The normalized spacial score (nSPS) is 26.2. The minimum absolute atomic E-state index is 0.0639. The quantitative estimate of drug-likeness (QED) is 0.901.